The number of methoxy groups -OCH3 is 1. The van der Waals surface area contributed by atoms with Gasteiger partial charge in [0.1, 0.15) is 11.8 Å². The van der Waals surface area contributed by atoms with E-state index < -0.39 is 0 Å². The number of amides is 1. The van der Waals surface area contributed by atoms with Gasteiger partial charge < -0.3 is 19.6 Å². The van der Waals surface area contributed by atoms with E-state index in [-0.39, 0.29) is 17.9 Å². The van der Waals surface area contributed by atoms with E-state index >= 15 is 0 Å². The van der Waals surface area contributed by atoms with Crippen molar-refractivity contribution < 1.29 is 14.1 Å². The van der Waals surface area contributed by atoms with E-state index in [0.29, 0.717) is 24.7 Å². The van der Waals surface area contributed by atoms with E-state index in [1.54, 1.807) is 7.11 Å². The molecule has 1 atom stereocenters. The van der Waals surface area contributed by atoms with Gasteiger partial charge >= 0.3 is 0 Å². The summed E-state index contributed by atoms with van der Waals surface area (Å²) in [7, 11) is 1.66. The maximum atomic E-state index is 13.0. The van der Waals surface area contributed by atoms with Crippen LogP contribution in [-0.2, 0) is 11.2 Å². The third-order valence-corrected chi connectivity index (χ3v) is 6.44. The second kappa shape index (κ2) is 9.33. The van der Waals surface area contributed by atoms with Gasteiger partial charge in [0, 0.05) is 28.9 Å². The van der Waals surface area contributed by atoms with E-state index in [9.17, 15) is 4.79 Å². The first-order valence-corrected chi connectivity index (χ1v) is 11.9. The third kappa shape index (κ3) is 4.55. The van der Waals surface area contributed by atoms with Crippen LogP contribution < -0.4 is 10.1 Å². The van der Waals surface area contributed by atoms with Crippen LogP contribution in [0.25, 0.3) is 22.2 Å². The van der Waals surface area contributed by atoms with Crippen molar-refractivity contribution in [1.82, 2.24) is 20.4 Å². The summed E-state index contributed by atoms with van der Waals surface area (Å²) in [6.07, 6.45) is 3.19. The fraction of sp³-hybridized carbons (Fsp3) is 0.370. The molecule has 7 heteroatoms. The van der Waals surface area contributed by atoms with Crippen molar-refractivity contribution in [2.24, 2.45) is 5.92 Å². The van der Waals surface area contributed by atoms with Crippen molar-refractivity contribution >= 4 is 16.8 Å². The molecule has 4 aromatic rings. The number of benzene rings is 2. The number of hydrogen-bond acceptors (Lipinski definition) is 5. The smallest absolute Gasteiger partial charge is 0.249 e. The normalized spacial score (nSPS) is 14.5. The summed E-state index contributed by atoms with van der Waals surface area (Å²) >= 11 is 0. The SMILES string of the molecule is COc1ccc(-c2[nH]c3ccccc3c2CCC(=O)NC(c2nc(C3CC3)no2)C(C)C)cc1. The Morgan fingerprint density at radius 2 is 1.94 bits per heavy atom. The van der Waals surface area contributed by atoms with Crippen LogP contribution in [0.4, 0.5) is 0 Å². The van der Waals surface area contributed by atoms with E-state index in [2.05, 4.69) is 32.6 Å². The molecule has 7 nitrogen and oxygen atoms in total. The van der Waals surface area contributed by atoms with Crippen LogP contribution in [0.3, 0.4) is 0 Å². The largest absolute Gasteiger partial charge is 0.497 e. The van der Waals surface area contributed by atoms with Gasteiger partial charge in [-0.05, 0) is 66.6 Å². The molecule has 2 heterocycles. The predicted octanol–water partition coefficient (Wildman–Crippen LogP) is 5.55. The highest BCUT2D eigenvalue weighted by Gasteiger charge is 2.31. The summed E-state index contributed by atoms with van der Waals surface area (Å²) in [6.45, 7) is 4.10. The highest BCUT2D eigenvalue weighted by molar-refractivity contribution is 5.91. The Morgan fingerprint density at radius 3 is 2.65 bits per heavy atom. The van der Waals surface area contributed by atoms with E-state index in [4.69, 9.17) is 9.26 Å². The summed E-state index contributed by atoms with van der Waals surface area (Å²) in [6, 6.07) is 15.9. The Bertz CT molecular complexity index is 1280. The number of para-hydroxylation sites is 1. The Morgan fingerprint density at radius 1 is 1.18 bits per heavy atom. The van der Waals surface area contributed by atoms with Crippen molar-refractivity contribution in [3.63, 3.8) is 0 Å². The summed E-state index contributed by atoms with van der Waals surface area (Å²) in [4.78, 5) is 21.1. The molecule has 0 radical (unpaired) electrons. The highest BCUT2D eigenvalue weighted by atomic mass is 16.5. The number of carbonyl (C=O) groups excluding carboxylic acids is 1. The van der Waals surface area contributed by atoms with Gasteiger partial charge in [-0.15, -0.1) is 0 Å². The van der Waals surface area contributed by atoms with Gasteiger partial charge in [0.2, 0.25) is 11.8 Å². The molecule has 2 aromatic heterocycles. The quantitative estimate of drug-likeness (QED) is 0.343. The number of nitrogens with zero attached hydrogens (tertiary/aromatic N) is 2. The lowest BCUT2D eigenvalue weighted by molar-refractivity contribution is -0.122. The van der Waals surface area contributed by atoms with Crippen molar-refractivity contribution in [3.05, 3.63) is 65.8 Å². The summed E-state index contributed by atoms with van der Waals surface area (Å²) < 4.78 is 10.8. The molecule has 0 spiro atoms. The number of hydrogen-bond donors (Lipinski definition) is 2. The number of H-pyrrole nitrogens is 1. The van der Waals surface area contributed by atoms with Gasteiger partial charge in [-0.2, -0.15) is 4.98 Å². The lowest BCUT2D eigenvalue weighted by atomic mass is 10.00. The van der Waals surface area contributed by atoms with Crippen LogP contribution in [-0.4, -0.2) is 28.1 Å². The molecule has 1 aliphatic carbocycles. The molecule has 2 N–H and O–H groups in total. The molecule has 1 unspecified atom stereocenters. The zero-order valence-electron chi connectivity index (χ0n) is 19.8. The zero-order chi connectivity index (χ0) is 23.7. The van der Waals surface area contributed by atoms with Gasteiger partial charge in [-0.1, -0.05) is 37.2 Å². The maximum absolute atomic E-state index is 13.0. The monoisotopic (exact) mass is 458 g/mol. The second-order valence-electron chi connectivity index (χ2n) is 9.31. The standard InChI is InChI=1S/C27H30N4O3/c1-16(2)24(27-30-26(31-34-27)18-8-9-18)29-23(32)15-14-21-20-6-4-5-7-22(20)28-25(21)17-10-12-19(33-3)13-11-17/h4-7,10-13,16,18,24,28H,8-9,14-15H2,1-3H3,(H,29,32). The maximum Gasteiger partial charge on any atom is 0.249 e. The molecule has 0 bridgehead atoms. The molecule has 1 fully saturated rings. The zero-order valence-corrected chi connectivity index (χ0v) is 19.8. The molecular formula is C27H30N4O3. The van der Waals surface area contributed by atoms with E-state index in [1.165, 1.54) is 0 Å². The minimum Gasteiger partial charge on any atom is -0.497 e. The summed E-state index contributed by atoms with van der Waals surface area (Å²) in [5.41, 5.74) is 4.28. The van der Waals surface area contributed by atoms with Crippen LogP contribution in [0.2, 0.25) is 0 Å². The van der Waals surface area contributed by atoms with Crippen molar-refractivity contribution in [1.29, 1.82) is 0 Å². The van der Waals surface area contributed by atoms with Gasteiger partial charge in [0.25, 0.3) is 0 Å². The first-order chi connectivity index (χ1) is 16.5. The fourth-order valence-corrected chi connectivity index (χ4v) is 4.34. The number of aromatic amines is 1. The predicted molar refractivity (Wildman–Crippen MR) is 131 cm³/mol. The van der Waals surface area contributed by atoms with Crippen molar-refractivity contribution in [2.45, 2.75) is 51.5 Å². The number of aryl methyl sites for hydroxylation is 1. The Balaban J connectivity index is 1.34. The van der Waals surface area contributed by atoms with Crippen LogP contribution in [0, 0.1) is 5.92 Å². The molecule has 1 aliphatic rings. The average Bonchev–Trinajstić information content (AvgIpc) is 3.47. The number of fused-ring (bicyclic) bond motifs is 1. The molecule has 1 amide bonds. The Hall–Kier alpha value is -3.61. The number of rotatable bonds is 9. The lowest BCUT2D eigenvalue weighted by Gasteiger charge is -2.18. The van der Waals surface area contributed by atoms with Crippen LogP contribution in [0.1, 0.15) is 62.3 Å². The number of aromatic nitrogens is 3. The van der Waals surface area contributed by atoms with E-state index in [1.807, 2.05) is 50.2 Å². The summed E-state index contributed by atoms with van der Waals surface area (Å²) in [5.74, 6) is 2.59. The first kappa shape index (κ1) is 22.2. The van der Waals surface area contributed by atoms with Crippen LogP contribution >= 0.6 is 0 Å². The lowest BCUT2D eigenvalue weighted by Crippen LogP contribution is -2.32. The molecule has 34 heavy (non-hydrogen) atoms. The second-order valence-corrected chi connectivity index (χ2v) is 9.31. The number of nitrogens with one attached hydrogen (secondary N) is 2. The van der Waals surface area contributed by atoms with Gasteiger partial charge in [0.05, 0.1) is 7.11 Å². The number of ether oxygens (including phenoxy) is 1. The molecular weight excluding hydrogens is 428 g/mol. The molecule has 176 valence electrons. The minimum absolute atomic E-state index is 0.0316. The fourth-order valence-electron chi connectivity index (χ4n) is 4.34. The summed E-state index contributed by atoms with van der Waals surface area (Å²) in [5, 5.41) is 8.38. The third-order valence-electron chi connectivity index (χ3n) is 6.44. The molecule has 1 saturated carbocycles. The topological polar surface area (TPSA) is 93.0 Å². The average molecular weight is 459 g/mol. The Labute approximate surface area is 198 Å². The molecule has 0 saturated heterocycles. The Kier molecular flexibility index (Phi) is 6.09. The van der Waals surface area contributed by atoms with Crippen LogP contribution in [0.5, 0.6) is 5.75 Å². The van der Waals surface area contributed by atoms with Crippen LogP contribution in [0.15, 0.2) is 53.1 Å². The first-order valence-electron chi connectivity index (χ1n) is 11.9. The number of carbonyl (C=O) groups is 1. The van der Waals surface area contributed by atoms with Crippen molar-refractivity contribution in [2.75, 3.05) is 7.11 Å². The van der Waals surface area contributed by atoms with E-state index in [0.717, 1.165) is 52.1 Å². The van der Waals surface area contributed by atoms with Crippen molar-refractivity contribution in [3.8, 4) is 17.0 Å². The van der Waals surface area contributed by atoms with Gasteiger partial charge in [-0.3, -0.25) is 4.79 Å². The minimum atomic E-state index is -0.295. The van der Waals surface area contributed by atoms with Gasteiger partial charge in [0.15, 0.2) is 5.82 Å². The van der Waals surface area contributed by atoms with Gasteiger partial charge in [-0.25, -0.2) is 0 Å². The molecule has 0 aliphatic heterocycles. The highest BCUT2D eigenvalue weighted by Crippen LogP contribution is 2.39. The molecule has 2 aromatic carbocycles. The molecule has 5 rings (SSSR count).